The number of ether oxygens (including phenoxy) is 1. The Kier molecular flexibility index (Phi) is 4.91. The molecule has 82 valence electrons. The van der Waals surface area contributed by atoms with Gasteiger partial charge in [-0.1, -0.05) is 29.8 Å². The van der Waals surface area contributed by atoms with Gasteiger partial charge in [-0.3, -0.25) is 0 Å². The monoisotopic (exact) mass is 205 g/mol. The third-order valence-electron chi connectivity index (χ3n) is 2.20. The predicted octanol–water partition coefficient (Wildman–Crippen LogP) is 2.45. The van der Waals surface area contributed by atoms with E-state index in [1.165, 1.54) is 11.1 Å². The van der Waals surface area contributed by atoms with Gasteiger partial charge in [-0.05, 0) is 38.4 Å². The Balaban J connectivity index is 2.75. The summed E-state index contributed by atoms with van der Waals surface area (Å²) in [6.45, 7) is 5.34. The highest BCUT2D eigenvalue weighted by Gasteiger charge is 2.02. The van der Waals surface area contributed by atoms with Crippen LogP contribution >= 0.6 is 0 Å². The maximum Gasteiger partial charge on any atom is 0.123 e. The molecule has 0 aliphatic carbocycles. The Hall–Kier alpha value is -1.28. The molecule has 0 saturated carbocycles. The van der Waals surface area contributed by atoms with Crippen molar-refractivity contribution in [2.75, 3.05) is 13.2 Å². The van der Waals surface area contributed by atoms with Crippen molar-refractivity contribution in [1.82, 2.24) is 0 Å². The first kappa shape index (κ1) is 11.8. The van der Waals surface area contributed by atoms with E-state index in [1.54, 1.807) is 0 Å². The molecule has 0 fully saturated rings. The van der Waals surface area contributed by atoms with E-state index in [4.69, 9.17) is 10.5 Å². The average molecular weight is 205 g/mol. The maximum absolute atomic E-state index is 5.64. The largest absolute Gasteiger partial charge is 0.489 e. The van der Waals surface area contributed by atoms with Crippen LogP contribution in [0.4, 0.5) is 0 Å². The highest BCUT2D eigenvalue weighted by Crippen LogP contribution is 2.20. The van der Waals surface area contributed by atoms with E-state index in [2.05, 4.69) is 19.1 Å². The summed E-state index contributed by atoms with van der Waals surface area (Å²) in [5, 5.41) is 0. The predicted molar refractivity (Wildman–Crippen MR) is 64.2 cm³/mol. The van der Waals surface area contributed by atoms with Crippen LogP contribution in [0.1, 0.15) is 18.1 Å². The van der Waals surface area contributed by atoms with Crippen LogP contribution in [0.3, 0.4) is 0 Å². The van der Waals surface area contributed by atoms with Crippen molar-refractivity contribution < 1.29 is 4.74 Å². The standard InChI is InChI=1S/C13H19NO/c1-3-4-9-15-13-6-5-11(2)10-12(13)7-8-14/h3-6,10H,7-9,14H2,1-2H3. The minimum Gasteiger partial charge on any atom is -0.489 e. The number of nitrogens with two attached hydrogens (primary N) is 1. The Morgan fingerprint density at radius 3 is 2.87 bits per heavy atom. The highest BCUT2D eigenvalue weighted by molar-refractivity contribution is 5.37. The Bertz CT molecular complexity index is 331. The molecule has 0 heterocycles. The molecule has 0 unspecified atom stereocenters. The lowest BCUT2D eigenvalue weighted by molar-refractivity contribution is 0.358. The number of rotatable bonds is 5. The summed E-state index contributed by atoms with van der Waals surface area (Å²) in [7, 11) is 0. The van der Waals surface area contributed by atoms with Gasteiger partial charge in [0.15, 0.2) is 0 Å². The van der Waals surface area contributed by atoms with Gasteiger partial charge in [-0.25, -0.2) is 0 Å². The number of allylic oxidation sites excluding steroid dienone is 1. The third-order valence-corrected chi connectivity index (χ3v) is 2.20. The van der Waals surface area contributed by atoms with E-state index in [9.17, 15) is 0 Å². The molecular formula is C13H19NO. The quantitative estimate of drug-likeness (QED) is 0.749. The van der Waals surface area contributed by atoms with Crippen LogP contribution in [0.25, 0.3) is 0 Å². The average Bonchev–Trinajstić information content (AvgIpc) is 2.22. The van der Waals surface area contributed by atoms with E-state index >= 15 is 0 Å². The van der Waals surface area contributed by atoms with Gasteiger partial charge in [0.1, 0.15) is 12.4 Å². The topological polar surface area (TPSA) is 35.2 Å². The molecule has 1 rings (SSSR count). The van der Waals surface area contributed by atoms with Crippen LogP contribution in [0.15, 0.2) is 30.4 Å². The van der Waals surface area contributed by atoms with E-state index in [0.29, 0.717) is 13.2 Å². The molecule has 0 atom stereocenters. The van der Waals surface area contributed by atoms with E-state index < -0.39 is 0 Å². The summed E-state index contributed by atoms with van der Waals surface area (Å²) in [4.78, 5) is 0. The first-order valence-electron chi connectivity index (χ1n) is 5.31. The summed E-state index contributed by atoms with van der Waals surface area (Å²) in [6.07, 6.45) is 4.84. The Morgan fingerprint density at radius 1 is 1.40 bits per heavy atom. The zero-order valence-electron chi connectivity index (χ0n) is 9.49. The fraction of sp³-hybridized carbons (Fsp3) is 0.385. The minimum absolute atomic E-state index is 0.622. The first-order chi connectivity index (χ1) is 7.27. The molecular weight excluding hydrogens is 186 g/mol. The molecule has 0 amide bonds. The molecule has 15 heavy (non-hydrogen) atoms. The van der Waals surface area contributed by atoms with Crippen LogP contribution in [0, 0.1) is 6.92 Å². The lowest BCUT2D eigenvalue weighted by Crippen LogP contribution is -2.05. The second-order valence-corrected chi connectivity index (χ2v) is 3.53. The molecule has 2 heteroatoms. The zero-order valence-corrected chi connectivity index (χ0v) is 9.49. The van der Waals surface area contributed by atoms with E-state index in [0.717, 1.165) is 12.2 Å². The van der Waals surface area contributed by atoms with Gasteiger partial charge in [0, 0.05) is 0 Å². The van der Waals surface area contributed by atoms with Crippen molar-refractivity contribution in [2.45, 2.75) is 20.3 Å². The van der Waals surface area contributed by atoms with Crippen molar-refractivity contribution in [2.24, 2.45) is 5.73 Å². The lowest BCUT2D eigenvalue weighted by Gasteiger charge is -2.10. The molecule has 0 aliphatic heterocycles. The second-order valence-electron chi connectivity index (χ2n) is 3.53. The molecule has 0 aromatic heterocycles. The van der Waals surface area contributed by atoms with Gasteiger partial charge in [0.05, 0.1) is 0 Å². The van der Waals surface area contributed by atoms with Crippen LogP contribution in [0.2, 0.25) is 0 Å². The second kappa shape index (κ2) is 6.25. The normalized spacial score (nSPS) is 10.9. The zero-order chi connectivity index (χ0) is 11.1. The van der Waals surface area contributed by atoms with Crippen molar-refractivity contribution in [3.8, 4) is 5.75 Å². The summed E-state index contributed by atoms with van der Waals surface area (Å²) in [5.41, 5.74) is 8.01. The Labute approximate surface area is 91.7 Å². The summed E-state index contributed by atoms with van der Waals surface area (Å²) in [6, 6.07) is 6.21. The highest BCUT2D eigenvalue weighted by atomic mass is 16.5. The smallest absolute Gasteiger partial charge is 0.123 e. The fourth-order valence-electron chi connectivity index (χ4n) is 1.43. The van der Waals surface area contributed by atoms with Gasteiger partial charge in [-0.15, -0.1) is 0 Å². The molecule has 1 aromatic carbocycles. The molecule has 2 nitrogen and oxygen atoms in total. The van der Waals surface area contributed by atoms with E-state index in [-0.39, 0.29) is 0 Å². The molecule has 2 N–H and O–H groups in total. The SMILES string of the molecule is CC=CCOc1ccc(C)cc1CCN. The van der Waals surface area contributed by atoms with Crippen LogP contribution < -0.4 is 10.5 Å². The number of hydrogen-bond acceptors (Lipinski definition) is 2. The summed E-state index contributed by atoms with van der Waals surface area (Å²) < 4.78 is 5.64. The van der Waals surface area contributed by atoms with Gasteiger partial charge in [-0.2, -0.15) is 0 Å². The van der Waals surface area contributed by atoms with E-state index in [1.807, 2.05) is 25.1 Å². The molecule has 0 aliphatic rings. The van der Waals surface area contributed by atoms with Crippen molar-refractivity contribution in [3.63, 3.8) is 0 Å². The molecule has 0 saturated heterocycles. The summed E-state index contributed by atoms with van der Waals surface area (Å²) >= 11 is 0. The molecule has 0 spiro atoms. The summed E-state index contributed by atoms with van der Waals surface area (Å²) in [5.74, 6) is 0.948. The van der Waals surface area contributed by atoms with Crippen molar-refractivity contribution in [1.29, 1.82) is 0 Å². The first-order valence-corrected chi connectivity index (χ1v) is 5.31. The minimum atomic E-state index is 0.622. The van der Waals surface area contributed by atoms with Gasteiger partial charge in [0.25, 0.3) is 0 Å². The van der Waals surface area contributed by atoms with Crippen LogP contribution in [0.5, 0.6) is 5.75 Å². The number of hydrogen-bond donors (Lipinski definition) is 1. The molecule has 0 bridgehead atoms. The fourth-order valence-corrected chi connectivity index (χ4v) is 1.43. The third kappa shape index (κ3) is 3.76. The number of benzene rings is 1. The molecule has 1 aromatic rings. The maximum atomic E-state index is 5.64. The Morgan fingerprint density at radius 2 is 2.20 bits per heavy atom. The lowest BCUT2D eigenvalue weighted by atomic mass is 10.1. The van der Waals surface area contributed by atoms with Crippen LogP contribution in [-0.2, 0) is 6.42 Å². The van der Waals surface area contributed by atoms with Gasteiger partial charge in [0.2, 0.25) is 0 Å². The van der Waals surface area contributed by atoms with Crippen LogP contribution in [-0.4, -0.2) is 13.2 Å². The van der Waals surface area contributed by atoms with Gasteiger partial charge < -0.3 is 10.5 Å². The van der Waals surface area contributed by atoms with Crippen molar-refractivity contribution >= 4 is 0 Å². The number of aryl methyl sites for hydroxylation is 1. The van der Waals surface area contributed by atoms with Gasteiger partial charge >= 0.3 is 0 Å². The molecule has 0 radical (unpaired) electrons. The van der Waals surface area contributed by atoms with Crippen molar-refractivity contribution in [3.05, 3.63) is 41.5 Å².